The maximum absolute atomic E-state index is 13.3. The molecule has 1 unspecified atom stereocenters. The van der Waals surface area contributed by atoms with Gasteiger partial charge in [0.05, 0.1) is 32.9 Å². The summed E-state index contributed by atoms with van der Waals surface area (Å²) < 4.78 is 29.6. The van der Waals surface area contributed by atoms with Crippen LogP contribution in [0.2, 0.25) is 0 Å². The number of rotatable bonds is 5. The molecule has 0 saturated carbocycles. The highest BCUT2D eigenvalue weighted by Gasteiger charge is 2.32. The van der Waals surface area contributed by atoms with Crippen molar-refractivity contribution in [2.45, 2.75) is 18.9 Å². The number of nitrogens with one attached hydrogen (secondary N) is 1. The number of benzene rings is 2. The fourth-order valence-corrected chi connectivity index (χ4v) is 4.06. The van der Waals surface area contributed by atoms with Gasteiger partial charge in [-0.2, -0.15) is 0 Å². The molecular weight excluding hydrogens is 375 g/mol. The van der Waals surface area contributed by atoms with Gasteiger partial charge in [-0.1, -0.05) is 12.1 Å². The SMILES string of the molecule is COc1cc2cc(C(=O)N3CCCC3c3ccc(F)cc3)[nH]c2c(OC)c1OC. The molecule has 0 aliphatic carbocycles. The van der Waals surface area contributed by atoms with Gasteiger partial charge in [-0.3, -0.25) is 4.79 Å². The van der Waals surface area contributed by atoms with Crippen LogP contribution < -0.4 is 14.2 Å². The molecule has 0 spiro atoms. The monoisotopic (exact) mass is 398 g/mol. The molecule has 1 N–H and O–H groups in total. The standard InChI is InChI=1S/C22H23FN2O4/c1-27-18-12-14-11-16(24-19(14)21(29-3)20(18)28-2)22(26)25-10-4-5-17(25)13-6-8-15(23)9-7-13/h6-9,11-12,17,24H,4-5,10H2,1-3H3. The second-order valence-electron chi connectivity index (χ2n) is 7.00. The predicted molar refractivity (Wildman–Crippen MR) is 107 cm³/mol. The van der Waals surface area contributed by atoms with E-state index in [2.05, 4.69) is 4.98 Å². The quantitative estimate of drug-likeness (QED) is 0.696. The van der Waals surface area contributed by atoms with Gasteiger partial charge in [-0.25, -0.2) is 4.39 Å². The van der Waals surface area contributed by atoms with E-state index < -0.39 is 0 Å². The Bertz CT molecular complexity index is 1050. The Balaban J connectivity index is 1.72. The maximum atomic E-state index is 13.3. The smallest absolute Gasteiger partial charge is 0.270 e. The molecule has 1 saturated heterocycles. The number of ether oxygens (including phenoxy) is 3. The van der Waals surface area contributed by atoms with Crippen LogP contribution in [0.15, 0.2) is 36.4 Å². The van der Waals surface area contributed by atoms with E-state index in [0.717, 1.165) is 23.8 Å². The number of likely N-dealkylation sites (tertiary alicyclic amines) is 1. The molecule has 29 heavy (non-hydrogen) atoms. The third-order valence-electron chi connectivity index (χ3n) is 5.42. The Morgan fingerprint density at radius 3 is 2.45 bits per heavy atom. The summed E-state index contributed by atoms with van der Waals surface area (Å²) in [5.74, 6) is 1.09. The topological polar surface area (TPSA) is 63.8 Å². The molecule has 1 atom stereocenters. The highest BCUT2D eigenvalue weighted by atomic mass is 19.1. The van der Waals surface area contributed by atoms with Crippen LogP contribution in [0.3, 0.4) is 0 Å². The second-order valence-corrected chi connectivity index (χ2v) is 7.00. The van der Waals surface area contributed by atoms with E-state index in [1.54, 1.807) is 39.5 Å². The molecule has 1 amide bonds. The van der Waals surface area contributed by atoms with Gasteiger partial charge in [0.25, 0.3) is 5.91 Å². The van der Waals surface area contributed by atoms with E-state index in [4.69, 9.17) is 14.2 Å². The third-order valence-corrected chi connectivity index (χ3v) is 5.42. The lowest BCUT2D eigenvalue weighted by Crippen LogP contribution is -2.30. The molecule has 1 aliphatic heterocycles. The molecule has 4 rings (SSSR count). The second kappa shape index (κ2) is 7.66. The minimum atomic E-state index is -0.282. The molecular formula is C22H23FN2O4. The molecule has 1 aromatic heterocycles. The van der Waals surface area contributed by atoms with Crippen LogP contribution in [0.25, 0.3) is 10.9 Å². The number of carbonyl (C=O) groups is 1. The molecule has 2 aromatic carbocycles. The zero-order valence-electron chi connectivity index (χ0n) is 16.6. The highest BCUT2D eigenvalue weighted by Crippen LogP contribution is 2.43. The number of amides is 1. The average Bonchev–Trinajstić information content (AvgIpc) is 3.39. The Morgan fingerprint density at radius 1 is 1.07 bits per heavy atom. The molecule has 1 aliphatic rings. The van der Waals surface area contributed by atoms with E-state index >= 15 is 0 Å². The minimum absolute atomic E-state index is 0.0690. The van der Waals surface area contributed by atoms with Crippen molar-refractivity contribution in [3.63, 3.8) is 0 Å². The van der Waals surface area contributed by atoms with Crippen LogP contribution in [0.5, 0.6) is 17.2 Å². The number of carbonyl (C=O) groups excluding carboxylic acids is 1. The van der Waals surface area contributed by atoms with Crippen molar-refractivity contribution in [3.8, 4) is 17.2 Å². The molecule has 0 bridgehead atoms. The summed E-state index contributed by atoms with van der Waals surface area (Å²) in [4.78, 5) is 18.3. The van der Waals surface area contributed by atoms with Crippen molar-refractivity contribution in [2.24, 2.45) is 0 Å². The van der Waals surface area contributed by atoms with Crippen LogP contribution >= 0.6 is 0 Å². The lowest BCUT2D eigenvalue weighted by atomic mass is 10.0. The van der Waals surface area contributed by atoms with Gasteiger partial charge in [0, 0.05) is 11.9 Å². The average molecular weight is 398 g/mol. The number of hydrogen-bond donors (Lipinski definition) is 1. The zero-order valence-corrected chi connectivity index (χ0v) is 16.6. The molecule has 152 valence electrons. The minimum Gasteiger partial charge on any atom is -0.493 e. The van der Waals surface area contributed by atoms with E-state index in [-0.39, 0.29) is 17.8 Å². The van der Waals surface area contributed by atoms with E-state index in [1.807, 2.05) is 11.0 Å². The first-order chi connectivity index (χ1) is 14.1. The van der Waals surface area contributed by atoms with Crippen LogP contribution in [-0.2, 0) is 0 Å². The number of H-pyrrole nitrogens is 1. The molecule has 3 aromatic rings. The summed E-state index contributed by atoms with van der Waals surface area (Å²) in [5, 5.41) is 0.792. The number of fused-ring (bicyclic) bond motifs is 1. The van der Waals surface area contributed by atoms with Crippen LogP contribution in [0.4, 0.5) is 4.39 Å². The van der Waals surface area contributed by atoms with Gasteiger partial charge in [-0.15, -0.1) is 0 Å². The normalized spacial score (nSPS) is 16.3. The lowest BCUT2D eigenvalue weighted by Gasteiger charge is -2.24. The van der Waals surface area contributed by atoms with Crippen LogP contribution in [-0.4, -0.2) is 43.7 Å². The first-order valence-electron chi connectivity index (χ1n) is 9.45. The summed E-state index contributed by atoms with van der Waals surface area (Å²) in [7, 11) is 4.64. The van der Waals surface area contributed by atoms with Crippen molar-refractivity contribution in [1.82, 2.24) is 9.88 Å². The number of nitrogens with zero attached hydrogens (tertiary/aromatic N) is 1. The summed E-state index contributed by atoms with van der Waals surface area (Å²) in [6, 6.07) is 9.89. The van der Waals surface area contributed by atoms with E-state index in [1.165, 1.54) is 12.1 Å². The van der Waals surface area contributed by atoms with Gasteiger partial charge < -0.3 is 24.1 Å². The van der Waals surface area contributed by atoms with Crippen LogP contribution in [0.1, 0.15) is 34.9 Å². The van der Waals surface area contributed by atoms with Crippen molar-refractivity contribution in [1.29, 1.82) is 0 Å². The maximum Gasteiger partial charge on any atom is 0.270 e. The van der Waals surface area contributed by atoms with Gasteiger partial charge in [0.1, 0.15) is 11.5 Å². The molecule has 1 fully saturated rings. The number of aromatic nitrogens is 1. The molecule has 7 heteroatoms. The van der Waals surface area contributed by atoms with Gasteiger partial charge in [-0.05, 0) is 42.7 Å². The third kappa shape index (κ3) is 3.26. The largest absolute Gasteiger partial charge is 0.493 e. The summed E-state index contributed by atoms with van der Waals surface area (Å²) in [6.45, 7) is 0.653. The fraction of sp³-hybridized carbons (Fsp3) is 0.318. The van der Waals surface area contributed by atoms with Gasteiger partial charge >= 0.3 is 0 Å². The Kier molecular flexibility index (Phi) is 5.05. The number of halogens is 1. The van der Waals surface area contributed by atoms with Gasteiger partial charge in [0.15, 0.2) is 11.5 Å². The number of hydrogen-bond acceptors (Lipinski definition) is 4. The summed E-state index contributed by atoms with van der Waals surface area (Å²) >= 11 is 0. The Hall–Kier alpha value is -3.22. The van der Waals surface area contributed by atoms with Crippen molar-refractivity contribution in [3.05, 3.63) is 53.5 Å². The number of aromatic amines is 1. The lowest BCUT2D eigenvalue weighted by molar-refractivity contribution is 0.0730. The summed E-state index contributed by atoms with van der Waals surface area (Å²) in [6.07, 6.45) is 1.75. The van der Waals surface area contributed by atoms with E-state index in [9.17, 15) is 9.18 Å². The first-order valence-corrected chi connectivity index (χ1v) is 9.45. The predicted octanol–water partition coefficient (Wildman–Crippen LogP) is 4.31. The fourth-order valence-electron chi connectivity index (χ4n) is 4.06. The van der Waals surface area contributed by atoms with Crippen molar-refractivity contribution >= 4 is 16.8 Å². The van der Waals surface area contributed by atoms with Crippen LogP contribution in [0, 0.1) is 5.82 Å². The van der Waals surface area contributed by atoms with Crippen molar-refractivity contribution < 1.29 is 23.4 Å². The molecule has 2 heterocycles. The van der Waals surface area contributed by atoms with Crippen molar-refractivity contribution in [2.75, 3.05) is 27.9 Å². The first kappa shape index (κ1) is 19.1. The van der Waals surface area contributed by atoms with E-state index in [0.29, 0.717) is 35.0 Å². The molecule has 6 nitrogen and oxygen atoms in total. The number of methoxy groups -OCH3 is 3. The zero-order chi connectivity index (χ0) is 20.5. The molecule has 0 radical (unpaired) electrons. The summed E-state index contributed by atoms with van der Waals surface area (Å²) in [5.41, 5.74) is 2.07. The Morgan fingerprint density at radius 2 is 1.79 bits per heavy atom. The Labute approximate surface area is 168 Å². The van der Waals surface area contributed by atoms with Gasteiger partial charge in [0.2, 0.25) is 5.75 Å². The highest BCUT2D eigenvalue weighted by molar-refractivity contribution is 6.01.